The number of fused-ring (bicyclic) bond motifs is 3. The molecule has 3 heteroatoms. The van der Waals surface area contributed by atoms with Gasteiger partial charge in [-0.2, -0.15) is 0 Å². The summed E-state index contributed by atoms with van der Waals surface area (Å²) < 4.78 is 6.27. The van der Waals surface area contributed by atoms with Crippen molar-refractivity contribution in [1.82, 2.24) is 9.97 Å². The fourth-order valence-electron chi connectivity index (χ4n) is 4.69. The molecule has 0 spiro atoms. The van der Waals surface area contributed by atoms with Gasteiger partial charge in [0.05, 0.1) is 5.69 Å². The van der Waals surface area contributed by atoms with E-state index < -0.39 is 0 Å². The molecule has 3 nitrogen and oxygen atoms in total. The highest BCUT2D eigenvalue weighted by Crippen LogP contribution is 2.35. The number of hydrogen-bond acceptors (Lipinski definition) is 3. The van der Waals surface area contributed by atoms with Crippen molar-refractivity contribution in [2.24, 2.45) is 5.92 Å². The molecule has 0 bridgehead atoms. The van der Waals surface area contributed by atoms with Crippen LogP contribution in [0.3, 0.4) is 0 Å². The van der Waals surface area contributed by atoms with Crippen LogP contribution in [0.15, 0.2) is 53.1 Å². The second-order valence-electron chi connectivity index (χ2n) is 8.79. The van der Waals surface area contributed by atoms with Crippen molar-refractivity contribution in [2.45, 2.75) is 58.3 Å². The molecule has 4 aromatic rings. The number of furan rings is 1. The van der Waals surface area contributed by atoms with Crippen LogP contribution in [0.2, 0.25) is 0 Å². The molecule has 1 aliphatic rings. The molecule has 3 aromatic heterocycles. The summed E-state index contributed by atoms with van der Waals surface area (Å²) in [6, 6.07) is 15.0. The van der Waals surface area contributed by atoms with Gasteiger partial charge >= 0.3 is 0 Å². The molecule has 148 valence electrons. The summed E-state index contributed by atoms with van der Waals surface area (Å²) in [4.78, 5) is 9.44. The van der Waals surface area contributed by atoms with E-state index in [9.17, 15) is 0 Å². The molecule has 3 heterocycles. The molecule has 0 N–H and O–H groups in total. The molecule has 1 saturated carbocycles. The Labute approximate surface area is 172 Å². The number of pyridine rings is 2. The Kier molecular flexibility index (Phi) is 4.83. The van der Waals surface area contributed by atoms with E-state index in [2.05, 4.69) is 61.3 Å². The number of rotatable bonds is 4. The number of nitrogens with zero attached hydrogens (tertiary/aromatic N) is 2. The third-order valence-electron chi connectivity index (χ3n) is 6.33. The van der Waals surface area contributed by atoms with E-state index in [0.717, 1.165) is 51.4 Å². The van der Waals surface area contributed by atoms with E-state index in [4.69, 9.17) is 9.40 Å². The molecular weight excluding hydrogens is 356 g/mol. The molecule has 0 unspecified atom stereocenters. The van der Waals surface area contributed by atoms with Gasteiger partial charge in [0.25, 0.3) is 0 Å². The van der Waals surface area contributed by atoms with Gasteiger partial charge in [-0.3, -0.25) is 4.98 Å². The lowest BCUT2D eigenvalue weighted by Crippen LogP contribution is -2.09. The predicted molar refractivity (Wildman–Crippen MR) is 119 cm³/mol. The minimum Gasteiger partial charge on any atom is -0.437 e. The van der Waals surface area contributed by atoms with Crippen molar-refractivity contribution in [3.8, 4) is 11.3 Å². The fourth-order valence-corrected chi connectivity index (χ4v) is 4.69. The van der Waals surface area contributed by atoms with Crippen molar-refractivity contribution >= 4 is 22.1 Å². The van der Waals surface area contributed by atoms with Crippen molar-refractivity contribution < 1.29 is 4.42 Å². The molecule has 0 radical (unpaired) electrons. The summed E-state index contributed by atoms with van der Waals surface area (Å²) in [7, 11) is 0. The van der Waals surface area contributed by atoms with E-state index in [1.54, 1.807) is 0 Å². The SMILES string of the molecule is CC(C)c1ccc2c(n1)oc1c(-c3cc(CC4CCCCC4)ccn3)cccc12. The molecule has 0 saturated heterocycles. The van der Waals surface area contributed by atoms with Gasteiger partial charge in [0, 0.05) is 28.2 Å². The number of benzene rings is 1. The number of aromatic nitrogens is 2. The van der Waals surface area contributed by atoms with Crippen LogP contribution >= 0.6 is 0 Å². The van der Waals surface area contributed by atoms with Gasteiger partial charge in [0.1, 0.15) is 5.58 Å². The average Bonchev–Trinajstić information content (AvgIpc) is 3.12. The first-order valence-electron chi connectivity index (χ1n) is 11.0. The second-order valence-corrected chi connectivity index (χ2v) is 8.79. The Morgan fingerprint density at radius 1 is 1.00 bits per heavy atom. The topological polar surface area (TPSA) is 38.9 Å². The molecular formula is C26H28N2O. The van der Waals surface area contributed by atoms with Gasteiger partial charge in [-0.1, -0.05) is 58.1 Å². The van der Waals surface area contributed by atoms with E-state index in [1.807, 2.05) is 6.20 Å². The lowest BCUT2D eigenvalue weighted by molar-refractivity contribution is 0.356. The van der Waals surface area contributed by atoms with Gasteiger partial charge in [0.15, 0.2) is 0 Å². The van der Waals surface area contributed by atoms with Crippen molar-refractivity contribution in [1.29, 1.82) is 0 Å². The first kappa shape index (κ1) is 18.4. The average molecular weight is 385 g/mol. The Morgan fingerprint density at radius 2 is 1.86 bits per heavy atom. The predicted octanol–water partition coefficient (Wildman–Crippen LogP) is 7.29. The first-order chi connectivity index (χ1) is 14.2. The third-order valence-corrected chi connectivity index (χ3v) is 6.33. The van der Waals surface area contributed by atoms with Gasteiger partial charge < -0.3 is 4.42 Å². The largest absolute Gasteiger partial charge is 0.437 e. The van der Waals surface area contributed by atoms with Crippen LogP contribution in [-0.4, -0.2) is 9.97 Å². The van der Waals surface area contributed by atoms with Gasteiger partial charge in [-0.25, -0.2) is 4.98 Å². The molecule has 29 heavy (non-hydrogen) atoms. The number of para-hydroxylation sites is 1. The Bertz CT molecular complexity index is 1150. The maximum atomic E-state index is 6.27. The van der Waals surface area contributed by atoms with Crippen molar-refractivity contribution in [3.63, 3.8) is 0 Å². The van der Waals surface area contributed by atoms with Crippen LogP contribution in [-0.2, 0) is 6.42 Å². The molecule has 0 aliphatic heterocycles. The van der Waals surface area contributed by atoms with E-state index in [1.165, 1.54) is 37.7 Å². The van der Waals surface area contributed by atoms with Crippen LogP contribution in [0.25, 0.3) is 33.3 Å². The molecule has 1 fully saturated rings. The fraction of sp³-hybridized carbons (Fsp3) is 0.385. The summed E-state index contributed by atoms with van der Waals surface area (Å²) in [6.07, 6.45) is 9.99. The van der Waals surface area contributed by atoms with Gasteiger partial charge in [-0.05, 0) is 54.2 Å². The Hall–Kier alpha value is -2.68. The minimum absolute atomic E-state index is 0.380. The van der Waals surface area contributed by atoms with Gasteiger partial charge in [-0.15, -0.1) is 0 Å². The lowest BCUT2D eigenvalue weighted by atomic mass is 9.85. The van der Waals surface area contributed by atoms with Crippen molar-refractivity contribution in [2.75, 3.05) is 0 Å². The Morgan fingerprint density at radius 3 is 2.69 bits per heavy atom. The summed E-state index contributed by atoms with van der Waals surface area (Å²) in [5.41, 5.74) is 6.10. The summed E-state index contributed by atoms with van der Waals surface area (Å²) in [5.74, 6) is 1.20. The standard InChI is InChI=1S/C26H28N2O/c1-17(2)23-12-11-21-20-9-6-10-22(25(20)29-26(21)28-23)24-16-19(13-14-27-24)15-18-7-4-3-5-8-18/h6,9-14,16-18H,3-5,7-8,15H2,1-2H3. The zero-order chi connectivity index (χ0) is 19.8. The van der Waals surface area contributed by atoms with E-state index in [0.29, 0.717) is 5.92 Å². The summed E-state index contributed by atoms with van der Waals surface area (Å²) in [6.45, 7) is 4.31. The van der Waals surface area contributed by atoms with Crippen LogP contribution < -0.4 is 0 Å². The third kappa shape index (κ3) is 3.55. The number of hydrogen-bond donors (Lipinski definition) is 0. The molecule has 0 atom stereocenters. The Balaban J connectivity index is 1.56. The highest BCUT2D eigenvalue weighted by atomic mass is 16.3. The van der Waals surface area contributed by atoms with Crippen LogP contribution in [0, 0.1) is 5.92 Å². The van der Waals surface area contributed by atoms with Crippen LogP contribution in [0.4, 0.5) is 0 Å². The van der Waals surface area contributed by atoms with E-state index >= 15 is 0 Å². The zero-order valence-electron chi connectivity index (χ0n) is 17.3. The highest BCUT2D eigenvalue weighted by molar-refractivity contribution is 6.08. The molecule has 1 aromatic carbocycles. The summed E-state index contributed by atoms with van der Waals surface area (Å²) >= 11 is 0. The smallest absolute Gasteiger partial charge is 0.227 e. The van der Waals surface area contributed by atoms with Crippen LogP contribution in [0.5, 0.6) is 0 Å². The quantitative estimate of drug-likeness (QED) is 0.371. The van der Waals surface area contributed by atoms with E-state index in [-0.39, 0.29) is 0 Å². The first-order valence-corrected chi connectivity index (χ1v) is 11.0. The van der Waals surface area contributed by atoms with Gasteiger partial charge in [0.2, 0.25) is 5.71 Å². The van der Waals surface area contributed by atoms with Crippen LogP contribution in [0.1, 0.15) is 63.1 Å². The normalized spacial score (nSPS) is 15.6. The zero-order valence-corrected chi connectivity index (χ0v) is 17.3. The lowest BCUT2D eigenvalue weighted by Gasteiger charge is -2.21. The summed E-state index contributed by atoms with van der Waals surface area (Å²) in [5, 5.41) is 2.18. The maximum Gasteiger partial charge on any atom is 0.227 e. The molecule has 1 aliphatic carbocycles. The van der Waals surface area contributed by atoms with Crippen molar-refractivity contribution in [3.05, 3.63) is 59.9 Å². The monoisotopic (exact) mass is 384 g/mol. The molecule has 5 rings (SSSR count). The molecule has 0 amide bonds. The maximum absolute atomic E-state index is 6.27. The second kappa shape index (κ2) is 7.62. The minimum atomic E-state index is 0.380. The highest BCUT2D eigenvalue weighted by Gasteiger charge is 2.17.